The van der Waals surface area contributed by atoms with Crippen LogP contribution in [0.5, 0.6) is 0 Å². The van der Waals surface area contributed by atoms with Gasteiger partial charge in [-0.15, -0.1) is 0 Å². The fourth-order valence-corrected chi connectivity index (χ4v) is 8.04. The maximum Gasteiger partial charge on any atom is 0.305 e. The van der Waals surface area contributed by atoms with Gasteiger partial charge in [0.2, 0.25) is 0 Å². The largest absolute Gasteiger partial charge is 0.481 e. The van der Waals surface area contributed by atoms with Gasteiger partial charge in [0.25, 0.3) is 8.32 Å². The number of hydrogen-bond donors (Lipinski definition) is 1. The molecule has 6 heteroatoms. The molecular weight excluding hydrogens is 384 g/mol. The third-order valence-electron chi connectivity index (χ3n) is 4.80. The molecule has 0 aromatic heterocycles. The van der Waals surface area contributed by atoms with Crippen LogP contribution in [-0.4, -0.2) is 52.4 Å². The second-order valence-electron chi connectivity index (χ2n) is 7.88. The first kappa shape index (κ1) is 23.3. The van der Waals surface area contributed by atoms with Crippen molar-refractivity contribution in [3.8, 4) is 0 Å². The van der Waals surface area contributed by atoms with Gasteiger partial charge in [0.15, 0.2) is 0 Å². The van der Waals surface area contributed by atoms with Gasteiger partial charge in [-0.25, -0.2) is 0 Å². The fourth-order valence-electron chi connectivity index (χ4n) is 3.50. The van der Waals surface area contributed by atoms with E-state index in [1.54, 1.807) is 0 Å². The molecule has 0 aliphatic carbocycles. The van der Waals surface area contributed by atoms with Crippen LogP contribution >= 0.6 is 0 Å². The third kappa shape index (κ3) is 6.50. The Morgan fingerprint density at radius 3 is 1.69 bits per heavy atom. The summed E-state index contributed by atoms with van der Waals surface area (Å²) in [7, 11) is -2.52. The molecule has 0 bridgehead atoms. The second-order valence-corrected chi connectivity index (χ2v) is 12.2. The van der Waals surface area contributed by atoms with E-state index in [4.69, 9.17) is 19.0 Å². The molecule has 0 aliphatic rings. The summed E-state index contributed by atoms with van der Waals surface area (Å²) in [6.07, 6.45) is 0.0109. The molecule has 2 rings (SSSR count). The molecule has 0 spiro atoms. The summed E-state index contributed by atoms with van der Waals surface area (Å²) in [5, 5.41) is 11.0. The van der Waals surface area contributed by atoms with E-state index >= 15 is 0 Å². The van der Waals surface area contributed by atoms with Crippen LogP contribution in [0.4, 0.5) is 0 Å². The van der Waals surface area contributed by atoms with E-state index in [0.29, 0.717) is 26.4 Å². The molecule has 2 aromatic rings. The summed E-state index contributed by atoms with van der Waals surface area (Å²) in [6.45, 7) is 8.70. The predicted octanol–water partition coefficient (Wildman–Crippen LogP) is 3.07. The van der Waals surface area contributed by atoms with Gasteiger partial charge >= 0.3 is 5.97 Å². The lowest BCUT2D eigenvalue weighted by Gasteiger charge is -2.43. The number of rotatable bonds is 12. The van der Waals surface area contributed by atoms with Crippen molar-refractivity contribution in [2.45, 2.75) is 32.2 Å². The Labute approximate surface area is 174 Å². The van der Waals surface area contributed by atoms with Crippen molar-refractivity contribution >= 4 is 24.7 Å². The average molecular weight is 417 g/mol. The number of carboxylic acid groups (broad SMARTS) is 1. The Kier molecular flexibility index (Phi) is 9.04. The van der Waals surface area contributed by atoms with Gasteiger partial charge in [-0.05, 0) is 15.4 Å². The second kappa shape index (κ2) is 11.3. The standard InChI is InChI=1S/C23H32O5Si/c1-23(2,3)29(20-10-6-4-7-11-20,21-12-8-5-9-13-21)28-19-18-27-17-16-26-15-14-22(24)25/h4-13H,14-19H2,1-3H3,(H,24,25). The van der Waals surface area contributed by atoms with Crippen LogP contribution in [0.1, 0.15) is 27.2 Å². The molecule has 0 aliphatic heterocycles. The Hall–Kier alpha value is -1.99. The number of carbonyl (C=O) groups is 1. The maximum atomic E-state index is 10.5. The Morgan fingerprint density at radius 2 is 1.24 bits per heavy atom. The summed E-state index contributed by atoms with van der Waals surface area (Å²) < 4.78 is 17.6. The number of hydrogen-bond acceptors (Lipinski definition) is 4. The highest BCUT2D eigenvalue weighted by Gasteiger charge is 2.49. The van der Waals surface area contributed by atoms with Gasteiger partial charge in [-0.3, -0.25) is 4.79 Å². The number of benzene rings is 2. The van der Waals surface area contributed by atoms with Crippen molar-refractivity contribution in [2.75, 3.05) is 33.0 Å². The van der Waals surface area contributed by atoms with Crippen LogP contribution in [-0.2, 0) is 18.7 Å². The molecule has 0 saturated heterocycles. The molecule has 0 atom stereocenters. The Bertz CT molecular complexity index is 688. The quantitative estimate of drug-likeness (QED) is 0.426. The van der Waals surface area contributed by atoms with Crippen molar-refractivity contribution in [2.24, 2.45) is 0 Å². The molecule has 0 radical (unpaired) electrons. The van der Waals surface area contributed by atoms with Crippen LogP contribution in [0.3, 0.4) is 0 Å². The summed E-state index contributed by atoms with van der Waals surface area (Å²) in [4.78, 5) is 10.5. The zero-order valence-corrected chi connectivity index (χ0v) is 18.6. The van der Waals surface area contributed by atoms with Crippen LogP contribution in [0.25, 0.3) is 0 Å². The monoisotopic (exact) mass is 416 g/mol. The van der Waals surface area contributed by atoms with E-state index < -0.39 is 14.3 Å². The van der Waals surface area contributed by atoms with Crippen LogP contribution in [0.15, 0.2) is 60.7 Å². The highest BCUT2D eigenvalue weighted by atomic mass is 28.4. The SMILES string of the molecule is CC(C)(C)[Si](OCCOCCOCCC(=O)O)(c1ccccc1)c1ccccc1. The number of ether oxygens (including phenoxy) is 2. The molecule has 0 heterocycles. The van der Waals surface area contributed by atoms with Crippen molar-refractivity contribution in [1.82, 2.24) is 0 Å². The predicted molar refractivity (Wildman–Crippen MR) is 117 cm³/mol. The minimum absolute atomic E-state index is 0.0109. The van der Waals surface area contributed by atoms with E-state index in [1.165, 1.54) is 10.4 Å². The topological polar surface area (TPSA) is 65.0 Å². The van der Waals surface area contributed by atoms with Gasteiger partial charge in [-0.1, -0.05) is 81.4 Å². The summed E-state index contributed by atoms with van der Waals surface area (Å²) >= 11 is 0. The minimum Gasteiger partial charge on any atom is -0.481 e. The van der Waals surface area contributed by atoms with E-state index in [-0.39, 0.29) is 18.1 Å². The smallest absolute Gasteiger partial charge is 0.305 e. The van der Waals surface area contributed by atoms with Gasteiger partial charge in [-0.2, -0.15) is 0 Å². The molecule has 0 saturated carbocycles. The first-order chi connectivity index (χ1) is 13.9. The molecular formula is C23H32O5Si. The number of carboxylic acids is 1. The lowest BCUT2D eigenvalue weighted by molar-refractivity contribution is -0.138. The van der Waals surface area contributed by atoms with Crippen molar-refractivity contribution < 1.29 is 23.8 Å². The molecule has 0 unspecified atom stereocenters. The van der Waals surface area contributed by atoms with Crippen LogP contribution in [0, 0.1) is 0 Å². The Balaban J connectivity index is 2.03. The summed E-state index contributed by atoms with van der Waals surface area (Å²) in [5.74, 6) is -0.857. The molecule has 29 heavy (non-hydrogen) atoms. The molecule has 0 amide bonds. The minimum atomic E-state index is -2.52. The first-order valence-electron chi connectivity index (χ1n) is 10.0. The van der Waals surface area contributed by atoms with E-state index in [0.717, 1.165) is 0 Å². The lowest BCUT2D eigenvalue weighted by atomic mass is 10.2. The normalized spacial score (nSPS) is 12.1. The Morgan fingerprint density at radius 1 is 0.793 bits per heavy atom. The molecule has 2 aromatic carbocycles. The zero-order valence-electron chi connectivity index (χ0n) is 17.6. The van der Waals surface area contributed by atoms with Gasteiger partial charge in [0, 0.05) is 0 Å². The summed E-state index contributed by atoms with van der Waals surface area (Å²) in [6, 6.07) is 21.0. The number of aliphatic carboxylic acids is 1. The van der Waals surface area contributed by atoms with E-state index in [9.17, 15) is 4.79 Å². The highest BCUT2D eigenvalue weighted by molar-refractivity contribution is 6.99. The van der Waals surface area contributed by atoms with Crippen LogP contribution in [0.2, 0.25) is 5.04 Å². The van der Waals surface area contributed by atoms with Crippen molar-refractivity contribution in [1.29, 1.82) is 0 Å². The first-order valence-corrected chi connectivity index (χ1v) is 11.9. The van der Waals surface area contributed by atoms with Gasteiger partial charge in [0.1, 0.15) is 0 Å². The molecule has 0 fully saturated rings. The van der Waals surface area contributed by atoms with Gasteiger partial charge in [0.05, 0.1) is 39.5 Å². The van der Waals surface area contributed by atoms with Crippen LogP contribution < -0.4 is 10.4 Å². The lowest BCUT2D eigenvalue weighted by Crippen LogP contribution is -2.66. The van der Waals surface area contributed by atoms with Crippen molar-refractivity contribution in [3.05, 3.63) is 60.7 Å². The van der Waals surface area contributed by atoms with Gasteiger partial charge < -0.3 is 19.0 Å². The van der Waals surface area contributed by atoms with E-state index in [1.807, 2.05) is 12.1 Å². The highest BCUT2D eigenvalue weighted by Crippen LogP contribution is 2.36. The summed E-state index contributed by atoms with van der Waals surface area (Å²) in [5.41, 5.74) is 0. The average Bonchev–Trinajstić information content (AvgIpc) is 2.70. The fraction of sp³-hybridized carbons (Fsp3) is 0.435. The maximum absolute atomic E-state index is 10.5. The molecule has 5 nitrogen and oxygen atoms in total. The zero-order chi connectivity index (χ0) is 21.2. The van der Waals surface area contributed by atoms with E-state index in [2.05, 4.69) is 69.3 Å². The molecule has 158 valence electrons. The molecule has 1 N–H and O–H groups in total. The van der Waals surface area contributed by atoms with Crippen molar-refractivity contribution in [3.63, 3.8) is 0 Å². The third-order valence-corrected chi connectivity index (χ3v) is 9.84.